The molecule has 0 aliphatic heterocycles. The van der Waals surface area contributed by atoms with Crippen LogP contribution in [0.4, 0.5) is 26.3 Å². The molecule has 0 radical (unpaired) electrons. The minimum absolute atomic E-state index is 1.14. The molecule has 0 aromatic carbocycles. The van der Waals surface area contributed by atoms with Crippen molar-refractivity contribution < 1.29 is 40.7 Å². The van der Waals surface area contributed by atoms with E-state index in [2.05, 4.69) is 0 Å². The minimum Gasteiger partial charge on any atom is -0.341 e. The lowest BCUT2D eigenvalue weighted by Gasteiger charge is -2.09. The Bertz CT molecular complexity index is 316. The zero-order valence-corrected chi connectivity index (χ0v) is 8.41. The molecule has 0 aromatic rings. The van der Waals surface area contributed by atoms with Crippen molar-refractivity contribution in [2.75, 3.05) is 13.1 Å². The van der Waals surface area contributed by atoms with Crippen LogP contribution in [0.1, 0.15) is 0 Å². The van der Waals surface area contributed by atoms with Crippen molar-refractivity contribution in [2.45, 2.75) is 12.4 Å². The Hall–Kier alpha value is -1.81. The molecule has 11 heteroatoms. The molecule has 5 nitrogen and oxygen atoms in total. The zero-order chi connectivity index (χ0) is 14.6. The molecule has 0 bridgehead atoms. The fourth-order valence-corrected chi connectivity index (χ4v) is 0.621. The van der Waals surface area contributed by atoms with Crippen LogP contribution in [0.5, 0.6) is 0 Å². The summed E-state index contributed by atoms with van der Waals surface area (Å²) in [5.41, 5.74) is 0. The number of ketones is 1. The van der Waals surface area contributed by atoms with E-state index in [1.807, 2.05) is 0 Å². The molecule has 0 unspecified atom stereocenters. The number of Topliss-reactive ketones (excluding diaryl/α,β-unsaturated/α-hetero) is 1. The lowest BCUT2D eigenvalue weighted by Crippen LogP contribution is -2.44. The SMILES string of the molecule is O=C(CNC(=O)C(F)(F)F)CNC(=O)C(F)(F)F. The number of hydrogen-bond acceptors (Lipinski definition) is 3. The highest BCUT2D eigenvalue weighted by Crippen LogP contribution is 2.14. The molecule has 2 amide bonds. The van der Waals surface area contributed by atoms with Crippen molar-refractivity contribution in [1.82, 2.24) is 10.6 Å². The van der Waals surface area contributed by atoms with Crippen molar-refractivity contribution in [2.24, 2.45) is 0 Å². The van der Waals surface area contributed by atoms with Crippen LogP contribution in [0.3, 0.4) is 0 Å². The van der Waals surface area contributed by atoms with E-state index < -0.39 is 43.0 Å². The number of amides is 2. The van der Waals surface area contributed by atoms with E-state index in [1.165, 1.54) is 0 Å². The van der Waals surface area contributed by atoms with Crippen LogP contribution >= 0.6 is 0 Å². The standard InChI is InChI=1S/C7H6F6N2O3/c8-6(9,10)4(17)14-1-3(16)2-15-5(18)7(11,12)13/h1-2H2,(H,14,17)(H,15,18). The summed E-state index contributed by atoms with van der Waals surface area (Å²) in [6.45, 7) is -2.28. The maximum atomic E-state index is 11.6. The molecule has 0 spiro atoms. The van der Waals surface area contributed by atoms with Crippen LogP contribution in [0.15, 0.2) is 0 Å². The average molecular weight is 280 g/mol. The molecule has 0 heterocycles. The average Bonchev–Trinajstić information content (AvgIpc) is 2.19. The van der Waals surface area contributed by atoms with Crippen LogP contribution in [-0.2, 0) is 14.4 Å². The molecule has 0 rings (SSSR count). The second kappa shape index (κ2) is 5.69. The van der Waals surface area contributed by atoms with Gasteiger partial charge in [-0.15, -0.1) is 0 Å². The van der Waals surface area contributed by atoms with Crippen molar-refractivity contribution in [3.8, 4) is 0 Å². The number of carbonyl (C=O) groups excluding carboxylic acids is 3. The second-order valence-electron chi connectivity index (χ2n) is 2.90. The van der Waals surface area contributed by atoms with Crippen molar-refractivity contribution >= 4 is 17.6 Å². The highest BCUT2D eigenvalue weighted by Gasteiger charge is 2.39. The molecule has 2 N–H and O–H groups in total. The van der Waals surface area contributed by atoms with E-state index >= 15 is 0 Å². The summed E-state index contributed by atoms with van der Waals surface area (Å²) in [5, 5.41) is 2.28. The van der Waals surface area contributed by atoms with Crippen LogP contribution in [-0.4, -0.2) is 43.0 Å². The monoisotopic (exact) mass is 280 g/mol. The molecule has 0 fully saturated rings. The highest BCUT2D eigenvalue weighted by atomic mass is 19.4. The summed E-state index contributed by atoms with van der Waals surface area (Å²) in [4.78, 5) is 31.2. The van der Waals surface area contributed by atoms with E-state index in [0.717, 1.165) is 10.6 Å². The second-order valence-corrected chi connectivity index (χ2v) is 2.90. The maximum Gasteiger partial charge on any atom is 0.471 e. The van der Waals surface area contributed by atoms with Gasteiger partial charge in [-0.05, 0) is 0 Å². The molecule has 104 valence electrons. The van der Waals surface area contributed by atoms with E-state index in [9.17, 15) is 40.7 Å². The molecule has 0 saturated carbocycles. The molecular weight excluding hydrogens is 274 g/mol. The first kappa shape index (κ1) is 16.2. The molecule has 18 heavy (non-hydrogen) atoms. The molecule has 0 atom stereocenters. The third kappa shape index (κ3) is 6.06. The zero-order valence-electron chi connectivity index (χ0n) is 8.41. The molecule has 0 aliphatic carbocycles. The van der Waals surface area contributed by atoms with Crippen LogP contribution < -0.4 is 10.6 Å². The number of nitrogens with one attached hydrogen (secondary N) is 2. The van der Waals surface area contributed by atoms with Gasteiger partial charge in [-0.2, -0.15) is 26.3 Å². The Labute approximate surface area is 95.5 Å². The first-order valence-electron chi connectivity index (χ1n) is 4.16. The quantitative estimate of drug-likeness (QED) is 0.707. The van der Waals surface area contributed by atoms with Gasteiger partial charge in [0.25, 0.3) is 0 Å². The summed E-state index contributed by atoms with van der Waals surface area (Å²) in [6.07, 6.45) is -10.4. The Morgan fingerprint density at radius 2 is 1.00 bits per heavy atom. The summed E-state index contributed by atoms with van der Waals surface area (Å²) in [7, 11) is 0. The van der Waals surface area contributed by atoms with Crippen LogP contribution in [0.2, 0.25) is 0 Å². The van der Waals surface area contributed by atoms with Gasteiger partial charge in [0, 0.05) is 0 Å². The Balaban J connectivity index is 4.01. The summed E-state index contributed by atoms with van der Waals surface area (Å²) in [5.74, 6) is -6.03. The van der Waals surface area contributed by atoms with Gasteiger partial charge < -0.3 is 10.6 Å². The maximum absolute atomic E-state index is 11.6. The van der Waals surface area contributed by atoms with Gasteiger partial charge in [0.2, 0.25) is 0 Å². The predicted octanol–water partition coefficient (Wildman–Crippen LogP) is -0.0875. The summed E-state index contributed by atoms with van der Waals surface area (Å²) >= 11 is 0. The van der Waals surface area contributed by atoms with E-state index in [0.29, 0.717) is 0 Å². The third-order valence-corrected chi connectivity index (χ3v) is 1.41. The predicted molar refractivity (Wildman–Crippen MR) is 43.1 cm³/mol. The Morgan fingerprint density at radius 3 is 1.22 bits per heavy atom. The minimum atomic E-state index is -5.20. The van der Waals surface area contributed by atoms with Crippen LogP contribution in [0, 0.1) is 0 Å². The first-order chi connectivity index (χ1) is 7.94. The van der Waals surface area contributed by atoms with Gasteiger partial charge in [0.15, 0.2) is 5.78 Å². The molecule has 0 aromatic heterocycles. The third-order valence-electron chi connectivity index (χ3n) is 1.41. The Kier molecular flexibility index (Phi) is 5.12. The first-order valence-corrected chi connectivity index (χ1v) is 4.16. The van der Waals surface area contributed by atoms with Gasteiger partial charge in [0.05, 0.1) is 13.1 Å². The van der Waals surface area contributed by atoms with Crippen molar-refractivity contribution in [1.29, 1.82) is 0 Å². The van der Waals surface area contributed by atoms with E-state index in [1.54, 1.807) is 0 Å². The van der Waals surface area contributed by atoms with E-state index in [-0.39, 0.29) is 0 Å². The van der Waals surface area contributed by atoms with Gasteiger partial charge in [-0.3, -0.25) is 14.4 Å². The number of hydrogen-bond donors (Lipinski definition) is 2. The van der Waals surface area contributed by atoms with Gasteiger partial charge in [-0.25, -0.2) is 0 Å². The smallest absolute Gasteiger partial charge is 0.341 e. The van der Waals surface area contributed by atoms with Gasteiger partial charge in [0.1, 0.15) is 0 Å². The highest BCUT2D eigenvalue weighted by molar-refractivity contribution is 5.92. The van der Waals surface area contributed by atoms with Crippen LogP contribution in [0.25, 0.3) is 0 Å². The number of rotatable bonds is 4. The summed E-state index contributed by atoms with van der Waals surface area (Å²) < 4.78 is 69.8. The number of halogens is 6. The fraction of sp³-hybridized carbons (Fsp3) is 0.571. The van der Waals surface area contributed by atoms with Gasteiger partial charge in [-0.1, -0.05) is 0 Å². The molecule has 0 aliphatic rings. The van der Waals surface area contributed by atoms with E-state index in [4.69, 9.17) is 0 Å². The number of carbonyl (C=O) groups is 3. The number of alkyl halides is 6. The Morgan fingerprint density at radius 1 is 0.722 bits per heavy atom. The largest absolute Gasteiger partial charge is 0.471 e. The topological polar surface area (TPSA) is 75.3 Å². The summed E-state index contributed by atoms with van der Waals surface area (Å²) in [6, 6.07) is 0. The van der Waals surface area contributed by atoms with Crippen molar-refractivity contribution in [3.05, 3.63) is 0 Å². The molecule has 0 saturated heterocycles. The lowest BCUT2D eigenvalue weighted by atomic mass is 10.3. The molecular formula is C7H6F6N2O3. The lowest BCUT2D eigenvalue weighted by molar-refractivity contribution is -0.174. The van der Waals surface area contributed by atoms with Crippen molar-refractivity contribution in [3.63, 3.8) is 0 Å². The fourth-order valence-electron chi connectivity index (χ4n) is 0.621. The normalized spacial score (nSPS) is 11.9. The van der Waals surface area contributed by atoms with Gasteiger partial charge >= 0.3 is 24.2 Å².